The summed E-state index contributed by atoms with van der Waals surface area (Å²) in [6.07, 6.45) is 3.39. The van der Waals surface area contributed by atoms with E-state index in [2.05, 4.69) is 10.3 Å². The molecule has 186 valence electrons. The maximum Gasteiger partial charge on any atom is 0.269 e. The van der Waals surface area contributed by atoms with Gasteiger partial charge in [0, 0.05) is 41.7 Å². The number of sulfonamides is 1. The fraction of sp³-hybridized carbons (Fsp3) is 0.333. The molecule has 0 aliphatic carbocycles. The van der Waals surface area contributed by atoms with Gasteiger partial charge in [-0.15, -0.1) is 11.3 Å². The minimum Gasteiger partial charge on any atom is -0.298 e. The highest BCUT2D eigenvalue weighted by atomic mass is 32.2. The third-order valence-corrected chi connectivity index (χ3v) is 8.05. The number of nitro benzene ring substituents is 1. The summed E-state index contributed by atoms with van der Waals surface area (Å²) >= 11 is 1.22. The monoisotopic (exact) mass is 516 g/mol. The molecule has 3 rings (SSSR count). The van der Waals surface area contributed by atoms with E-state index in [4.69, 9.17) is 0 Å². The van der Waals surface area contributed by atoms with Gasteiger partial charge in [0.2, 0.25) is 10.0 Å². The van der Waals surface area contributed by atoms with Crippen molar-refractivity contribution < 1.29 is 18.1 Å². The quantitative estimate of drug-likeness (QED) is 0.248. The maximum atomic E-state index is 13.1. The van der Waals surface area contributed by atoms with Gasteiger partial charge in [-0.25, -0.2) is 13.4 Å². The van der Waals surface area contributed by atoms with E-state index in [0.29, 0.717) is 35.0 Å². The van der Waals surface area contributed by atoms with Crippen LogP contribution < -0.4 is 5.32 Å². The lowest BCUT2D eigenvalue weighted by molar-refractivity contribution is -0.384. The van der Waals surface area contributed by atoms with Crippen LogP contribution in [0, 0.1) is 10.1 Å². The summed E-state index contributed by atoms with van der Waals surface area (Å²) in [5.41, 5.74) is 1.57. The Kier molecular flexibility index (Phi) is 9.07. The number of nitro groups is 1. The van der Waals surface area contributed by atoms with Crippen LogP contribution in [0.5, 0.6) is 0 Å². The zero-order valence-corrected chi connectivity index (χ0v) is 21.3. The Morgan fingerprint density at radius 2 is 1.63 bits per heavy atom. The molecule has 1 heterocycles. The maximum absolute atomic E-state index is 13.1. The van der Waals surface area contributed by atoms with Crippen molar-refractivity contribution in [1.82, 2.24) is 9.29 Å². The highest BCUT2D eigenvalue weighted by molar-refractivity contribution is 7.89. The van der Waals surface area contributed by atoms with Crippen molar-refractivity contribution in [3.63, 3.8) is 0 Å². The Labute approximate surface area is 209 Å². The molecule has 35 heavy (non-hydrogen) atoms. The SMILES string of the molecule is CCCCN(CCCC)S(=O)(=O)c1ccc(C(=O)Nc2nc(-c3ccc([N+](=O)[O-])cc3)cs2)cc1. The highest BCUT2D eigenvalue weighted by Crippen LogP contribution is 2.27. The first-order chi connectivity index (χ1) is 16.8. The Morgan fingerprint density at radius 3 is 2.17 bits per heavy atom. The molecule has 3 aromatic rings. The van der Waals surface area contributed by atoms with Crippen molar-refractivity contribution >= 4 is 38.1 Å². The number of carbonyl (C=O) groups excluding carboxylic acids is 1. The lowest BCUT2D eigenvalue weighted by atomic mass is 10.1. The number of carbonyl (C=O) groups is 1. The van der Waals surface area contributed by atoms with Crippen LogP contribution in [0.1, 0.15) is 49.9 Å². The number of unbranched alkanes of at least 4 members (excludes halogenated alkanes) is 2. The molecule has 0 aliphatic heterocycles. The summed E-state index contributed by atoms with van der Waals surface area (Å²) in [4.78, 5) is 27.6. The average Bonchev–Trinajstić information content (AvgIpc) is 3.32. The standard InChI is InChI=1S/C24H28N4O5S2/c1-3-5-15-27(16-6-4-2)35(32,33)21-13-9-19(10-14-21)23(29)26-24-25-22(17-34-24)18-7-11-20(12-8-18)28(30)31/h7-14,17H,3-6,15-16H2,1-2H3,(H,25,26,29). The average molecular weight is 517 g/mol. The zero-order valence-electron chi connectivity index (χ0n) is 19.6. The molecule has 0 unspecified atom stereocenters. The van der Waals surface area contributed by atoms with Gasteiger partial charge in [0.15, 0.2) is 5.13 Å². The van der Waals surface area contributed by atoms with Gasteiger partial charge in [-0.3, -0.25) is 20.2 Å². The number of nitrogens with zero attached hydrogens (tertiary/aromatic N) is 3. The molecule has 0 bridgehead atoms. The van der Waals surface area contributed by atoms with E-state index < -0.39 is 20.9 Å². The van der Waals surface area contributed by atoms with Gasteiger partial charge in [0.1, 0.15) is 0 Å². The number of non-ortho nitro benzene ring substituents is 1. The van der Waals surface area contributed by atoms with Crippen LogP contribution in [0.4, 0.5) is 10.8 Å². The predicted molar refractivity (Wildman–Crippen MR) is 137 cm³/mol. The molecule has 1 N–H and O–H groups in total. The van der Waals surface area contributed by atoms with E-state index in [1.54, 1.807) is 17.5 Å². The summed E-state index contributed by atoms with van der Waals surface area (Å²) in [6.45, 7) is 5.00. The first-order valence-electron chi connectivity index (χ1n) is 11.4. The second-order valence-corrected chi connectivity index (χ2v) is 10.7. The molecule has 0 saturated heterocycles. The molecule has 9 nitrogen and oxygen atoms in total. The molecular formula is C24H28N4O5S2. The molecule has 1 aromatic heterocycles. The smallest absolute Gasteiger partial charge is 0.269 e. The van der Waals surface area contributed by atoms with E-state index in [1.165, 1.54) is 52.0 Å². The molecule has 1 amide bonds. The van der Waals surface area contributed by atoms with Gasteiger partial charge in [-0.2, -0.15) is 4.31 Å². The van der Waals surface area contributed by atoms with Crippen LogP contribution in [0.25, 0.3) is 11.3 Å². The third-order valence-electron chi connectivity index (χ3n) is 5.37. The molecule has 11 heteroatoms. The van der Waals surface area contributed by atoms with Gasteiger partial charge < -0.3 is 0 Å². The summed E-state index contributed by atoms with van der Waals surface area (Å²) in [5, 5.41) is 15.6. The van der Waals surface area contributed by atoms with Crippen molar-refractivity contribution in [1.29, 1.82) is 0 Å². The first-order valence-corrected chi connectivity index (χ1v) is 13.7. The summed E-state index contributed by atoms with van der Waals surface area (Å²) < 4.78 is 27.7. The molecule has 0 radical (unpaired) electrons. The minimum atomic E-state index is -3.63. The van der Waals surface area contributed by atoms with Crippen LogP contribution >= 0.6 is 11.3 Å². The topological polar surface area (TPSA) is 123 Å². The number of benzene rings is 2. The van der Waals surface area contributed by atoms with E-state index in [1.807, 2.05) is 13.8 Å². The number of rotatable bonds is 12. The Balaban J connectivity index is 1.69. The van der Waals surface area contributed by atoms with Gasteiger partial charge >= 0.3 is 0 Å². The van der Waals surface area contributed by atoms with Crippen LogP contribution in [0.15, 0.2) is 58.8 Å². The Bertz CT molecular complexity index is 1250. The van der Waals surface area contributed by atoms with Crippen molar-refractivity contribution in [3.8, 4) is 11.3 Å². The highest BCUT2D eigenvalue weighted by Gasteiger charge is 2.24. The van der Waals surface area contributed by atoms with E-state index in [-0.39, 0.29) is 10.6 Å². The van der Waals surface area contributed by atoms with E-state index in [0.717, 1.165) is 25.7 Å². The van der Waals surface area contributed by atoms with Gasteiger partial charge in [-0.05, 0) is 49.2 Å². The zero-order chi connectivity index (χ0) is 25.4. The summed E-state index contributed by atoms with van der Waals surface area (Å²) in [6, 6.07) is 11.9. The van der Waals surface area contributed by atoms with Crippen LogP contribution in [-0.2, 0) is 10.0 Å². The van der Waals surface area contributed by atoms with Crippen LogP contribution in [0.3, 0.4) is 0 Å². The second-order valence-electron chi connectivity index (χ2n) is 7.93. The molecule has 0 aliphatic rings. The fourth-order valence-corrected chi connectivity index (χ4v) is 5.57. The molecule has 2 aromatic carbocycles. The number of anilines is 1. The van der Waals surface area contributed by atoms with Crippen molar-refractivity contribution in [2.75, 3.05) is 18.4 Å². The minimum absolute atomic E-state index is 0.0122. The molecule has 0 spiro atoms. The Hall–Kier alpha value is -3.15. The largest absolute Gasteiger partial charge is 0.298 e. The summed E-state index contributed by atoms with van der Waals surface area (Å²) in [5.74, 6) is -0.410. The third kappa shape index (κ3) is 6.71. The van der Waals surface area contributed by atoms with E-state index in [9.17, 15) is 23.3 Å². The number of aromatic nitrogens is 1. The van der Waals surface area contributed by atoms with Crippen LogP contribution in [0.2, 0.25) is 0 Å². The summed E-state index contributed by atoms with van der Waals surface area (Å²) in [7, 11) is -3.63. The number of thiazole rings is 1. The molecule has 0 atom stereocenters. The van der Waals surface area contributed by atoms with Gasteiger partial charge in [-0.1, -0.05) is 26.7 Å². The van der Waals surface area contributed by atoms with E-state index >= 15 is 0 Å². The van der Waals surface area contributed by atoms with Gasteiger partial charge in [0.05, 0.1) is 15.5 Å². The van der Waals surface area contributed by atoms with Gasteiger partial charge in [0.25, 0.3) is 11.6 Å². The molecule has 0 saturated carbocycles. The van der Waals surface area contributed by atoms with Crippen molar-refractivity contribution in [2.24, 2.45) is 0 Å². The van der Waals surface area contributed by atoms with Crippen molar-refractivity contribution in [3.05, 3.63) is 69.6 Å². The fourth-order valence-electron chi connectivity index (χ4n) is 3.34. The number of amides is 1. The lowest BCUT2D eigenvalue weighted by Crippen LogP contribution is -2.33. The Morgan fingerprint density at radius 1 is 1.03 bits per heavy atom. The number of hydrogen-bond donors (Lipinski definition) is 1. The van der Waals surface area contributed by atoms with Crippen molar-refractivity contribution in [2.45, 2.75) is 44.4 Å². The second kappa shape index (κ2) is 12.0. The predicted octanol–water partition coefficient (Wildman–Crippen LogP) is 5.56. The van der Waals surface area contributed by atoms with Crippen LogP contribution in [-0.4, -0.2) is 41.6 Å². The molecule has 0 fully saturated rings. The molecular weight excluding hydrogens is 488 g/mol. The first kappa shape index (κ1) is 26.5. The number of nitrogens with one attached hydrogen (secondary N) is 1. The normalized spacial score (nSPS) is 11.5. The number of hydrogen-bond acceptors (Lipinski definition) is 7. The lowest BCUT2D eigenvalue weighted by Gasteiger charge is -2.22.